The molecule has 0 radical (unpaired) electrons. The molecule has 12 nitrogen and oxygen atoms in total. The van der Waals surface area contributed by atoms with Gasteiger partial charge in [-0.2, -0.15) is 8.42 Å². The average molecular weight is 962 g/mol. The van der Waals surface area contributed by atoms with Crippen molar-refractivity contribution >= 4 is 16.3 Å². The molecule has 392 valence electrons. The van der Waals surface area contributed by atoms with Gasteiger partial charge in [-0.3, -0.25) is 9.35 Å². The molecule has 0 bridgehead atoms. The number of aliphatic hydroxyl groups is 4. The van der Waals surface area contributed by atoms with Gasteiger partial charge in [-0.05, 0) is 19.3 Å². The van der Waals surface area contributed by atoms with Crippen LogP contribution in [-0.4, -0.2) is 95.4 Å². The maximum absolute atomic E-state index is 13.1. The summed E-state index contributed by atoms with van der Waals surface area (Å²) in [6.45, 7) is 3.40. The number of allylic oxidation sites excluding steroid dienone is 1. The summed E-state index contributed by atoms with van der Waals surface area (Å²) in [5.41, 5.74) is 0. The van der Waals surface area contributed by atoms with Gasteiger partial charge in [0.2, 0.25) is 5.91 Å². The van der Waals surface area contributed by atoms with Crippen molar-refractivity contribution in [2.75, 3.05) is 13.2 Å². The zero-order chi connectivity index (χ0) is 48.4. The number of carbonyl (C=O) groups is 1. The maximum atomic E-state index is 13.1. The molecule has 1 aliphatic rings. The molecule has 13 heteroatoms. The number of amides is 1. The van der Waals surface area contributed by atoms with Crippen molar-refractivity contribution in [1.29, 1.82) is 0 Å². The second kappa shape index (κ2) is 43.8. The van der Waals surface area contributed by atoms with Crippen LogP contribution in [-0.2, 0) is 28.9 Å². The van der Waals surface area contributed by atoms with E-state index in [9.17, 15) is 38.2 Å². The van der Waals surface area contributed by atoms with Crippen molar-refractivity contribution in [3.8, 4) is 0 Å². The zero-order valence-corrected chi connectivity index (χ0v) is 43.1. The molecule has 1 rings (SSSR count). The fourth-order valence-electron chi connectivity index (χ4n) is 9.05. The van der Waals surface area contributed by atoms with Crippen LogP contribution in [0, 0.1) is 0 Å². The number of unbranched alkanes of at least 4 members (excludes halogenated alkanes) is 36. The highest BCUT2D eigenvalue weighted by Crippen LogP contribution is 2.26. The Labute approximate surface area is 404 Å². The molecule has 1 amide bonds. The molecule has 66 heavy (non-hydrogen) atoms. The van der Waals surface area contributed by atoms with E-state index in [1.165, 1.54) is 199 Å². The van der Waals surface area contributed by atoms with Gasteiger partial charge in [-0.1, -0.05) is 251 Å². The van der Waals surface area contributed by atoms with Gasteiger partial charge in [0.1, 0.15) is 24.4 Å². The molecular formula is C53H103NO11S. The van der Waals surface area contributed by atoms with E-state index in [1.54, 1.807) is 6.08 Å². The minimum absolute atomic E-state index is 0.258. The highest BCUT2D eigenvalue weighted by molar-refractivity contribution is 7.80. The quantitative estimate of drug-likeness (QED) is 0.0193. The minimum Gasteiger partial charge on any atom is -0.394 e. The Bertz CT molecular complexity index is 1220. The summed E-state index contributed by atoms with van der Waals surface area (Å²) in [7, 11) is -5.08. The number of rotatable bonds is 48. The van der Waals surface area contributed by atoms with Crippen LogP contribution in [0.15, 0.2) is 12.2 Å². The normalized spacial score (nSPS) is 20.0. The van der Waals surface area contributed by atoms with Crippen LogP contribution in [0.4, 0.5) is 0 Å². The third kappa shape index (κ3) is 35.9. The Hall–Kier alpha value is -1.16. The molecule has 6 N–H and O–H groups in total. The molecule has 1 fully saturated rings. The Morgan fingerprint density at radius 1 is 0.591 bits per heavy atom. The van der Waals surface area contributed by atoms with Crippen LogP contribution in [0.3, 0.4) is 0 Å². The number of hydrogen-bond donors (Lipinski definition) is 6. The zero-order valence-electron chi connectivity index (χ0n) is 42.3. The number of hydrogen-bond acceptors (Lipinski definition) is 10. The lowest BCUT2D eigenvalue weighted by molar-refractivity contribution is -0.298. The van der Waals surface area contributed by atoms with Crippen molar-refractivity contribution in [3.63, 3.8) is 0 Å². The first-order valence-electron chi connectivity index (χ1n) is 27.6. The fraction of sp³-hybridized carbons (Fsp3) is 0.943. The topological polar surface area (TPSA) is 192 Å². The van der Waals surface area contributed by atoms with Gasteiger partial charge in [0.05, 0.1) is 25.4 Å². The standard InChI is InChI=1S/C53H103NO11S/c1-3-5-7-9-11-13-15-16-17-18-19-20-21-22-23-24-25-26-27-28-29-30-31-33-35-37-39-41-43-49(57)54-46(47(56)42-40-38-36-34-32-14-12-10-8-6-4-2)45-63-53-51(59)52(65-66(60,61)62)50(58)48(44-55)64-53/h40,42,46-48,50-53,55-56,58-59H,3-39,41,43-45H2,1-2H3,(H,54,57)(H,60,61,62)/b42-40+. The van der Waals surface area contributed by atoms with E-state index in [-0.39, 0.29) is 18.9 Å². The molecule has 0 aliphatic carbocycles. The number of ether oxygens (including phenoxy) is 2. The minimum atomic E-state index is -5.08. The fourth-order valence-corrected chi connectivity index (χ4v) is 9.55. The monoisotopic (exact) mass is 962 g/mol. The van der Waals surface area contributed by atoms with Crippen LogP contribution in [0.1, 0.15) is 264 Å². The highest BCUT2D eigenvalue weighted by Gasteiger charge is 2.48. The molecule has 0 saturated carbocycles. The number of nitrogens with one attached hydrogen (secondary N) is 1. The lowest BCUT2D eigenvalue weighted by Crippen LogP contribution is -2.61. The Balaban J connectivity index is 2.26. The van der Waals surface area contributed by atoms with Gasteiger partial charge < -0.3 is 35.2 Å². The second-order valence-electron chi connectivity index (χ2n) is 19.5. The van der Waals surface area contributed by atoms with E-state index in [0.717, 1.165) is 38.5 Å². The Morgan fingerprint density at radius 3 is 1.32 bits per heavy atom. The third-order valence-electron chi connectivity index (χ3n) is 13.3. The molecule has 1 saturated heterocycles. The van der Waals surface area contributed by atoms with Gasteiger partial charge in [0.25, 0.3) is 0 Å². The van der Waals surface area contributed by atoms with Crippen molar-refractivity contribution < 1.29 is 51.8 Å². The third-order valence-corrected chi connectivity index (χ3v) is 13.8. The summed E-state index contributed by atoms with van der Waals surface area (Å²) in [5, 5.41) is 44.8. The van der Waals surface area contributed by atoms with Crippen LogP contribution >= 0.6 is 0 Å². The van der Waals surface area contributed by atoms with Gasteiger partial charge >= 0.3 is 10.4 Å². The predicted molar refractivity (Wildman–Crippen MR) is 269 cm³/mol. The van der Waals surface area contributed by atoms with Crippen molar-refractivity contribution in [2.45, 2.75) is 307 Å². The van der Waals surface area contributed by atoms with Crippen molar-refractivity contribution in [3.05, 3.63) is 12.2 Å². The van der Waals surface area contributed by atoms with Crippen LogP contribution < -0.4 is 5.32 Å². The summed E-state index contributed by atoms with van der Waals surface area (Å²) >= 11 is 0. The molecule has 1 aliphatic heterocycles. The first kappa shape index (κ1) is 62.9. The van der Waals surface area contributed by atoms with E-state index >= 15 is 0 Å². The first-order chi connectivity index (χ1) is 32.0. The van der Waals surface area contributed by atoms with Gasteiger partial charge in [0.15, 0.2) is 6.29 Å². The molecule has 7 unspecified atom stereocenters. The summed E-state index contributed by atoms with van der Waals surface area (Å²) in [4.78, 5) is 13.1. The van der Waals surface area contributed by atoms with Gasteiger partial charge in [-0.15, -0.1) is 0 Å². The van der Waals surface area contributed by atoms with E-state index in [0.29, 0.717) is 6.42 Å². The van der Waals surface area contributed by atoms with E-state index in [4.69, 9.17) is 9.47 Å². The lowest BCUT2D eigenvalue weighted by Gasteiger charge is -2.41. The van der Waals surface area contributed by atoms with Gasteiger partial charge in [-0.25, -0.2) is 4.18 Å². The summed E-state index contributed by atoms with van der Waals surface area (Å²) in [5.74, 6) is -0.258. The molecule has 7 atom stereocenters. The molecule has 0 spiro atoms. The van der Waals surface area contributed by atoms with Crippen LogP contribution in [0.25, 0.3) is 0 Å². The maximum Gasteiger partial charge on any atom is 0.397 e. The smallest absolute Gasteiger partial charge is 0.394 e. The Kier molecular flexibility index (Phi) is 41.7. The predicted octanol–water partition coefficient (Wildman–Crippen LogP) is 12.3. The lowest BCUT2D eigenvalue weighted by atomic mass is 9.99. The van der Waals surface area contributed by atoms with E-state index < -0.39 is 59.9 Å². The van der Waals surface area contributed by atoms with E-state index in [2.05, 4.69) is 23.3 Å². The molecule has 0 aromatic rings. The van der Waals surface area contributed by atoms with Crippen LogP contribution in [0.2, 0.25) is 0 Å². The summed E-state index contributed by atoms with van der Waals surface area (Å²) < 4.78 is 47.7. The van der Waals surface area contributed by atoms with Crippen LogP contribution in [0.5, 0.6) is 0 Å². The molecular weight excluding hydrogens is 859 g/mol. The summed E-state index contributed by atoms with van der Waals surface area (Å²) in [6, 6.07) is -0.938. The SMILES string of the molecule is CCCCCCCCCCC/C=C/C(O)C(COC1OC(CO)C(O)C(OS(=O)(=O)O)C1O)NC(=O)CCCCCCCCCCCCCCCCCCCCCCCCCCCCCC. The molecule has 1 heterocycles. The number of aliphatic hydroxyl groups excluding tert-OH is 4. The van der Waals surface area contributed by atoms with Crippen molar-refractivity contribution in [2.24, 2.45) is 0 Å². The average Bonchev–Trinajstić information content (AvgIpc) is 3.29. The highest BCUT2D eigenvalue weighted by atomic mass is 32.3. The number of carbonyl (C=O) groups excluding carboxylic acids is 1. The van der Waals surface area contributed by atoms with Crippen molar-refractivity contribution in [1.82, 2.24) is 5.32 Å². The molecule has 0 aromatic heterocycles. The summed E-state index contributed by atoms with van der Waals surface area (Å²) in [6.07, 6.45) is 42.8. The second-order valence-corrected chi connectivity index (χ2v) is 20.6. The first-order valence-corrected chi connectivity index (χ1v) is 28.9. The van der Waals surface area contributed by atoms with E-state index in [1.807, 2.05) is 6.08 Å². The van der Waals surface area contributed by atoms with Gasteiger partial charge in [0, 0.05) is 6.42 Å². The largest absolute Gasteiger partial charge is 0.397 e. The molecule has 0 aromatic carbocycles. The Morgan fingerprint density at radius 2 is 0.955 bits per heavy atom.